The SMILES string of the molecule is C[C@H](CS(=O)(=O)CCCO)c1ccccc1. The smallest absolute Gasteiger partial charge is 0.150 e. The molecule has 0 spiro atoms. The molecule has 0 bridgehead atoms. The summed E-state index contributed by atoms with van der Waals surface area (Å²) >= 11 is 0. The van der Waals surface area contributed by atoms with Crippen LogP contribution in [0.5, 0.6) is 0 Å². The molecule has 1 rings (SSSR count). The molecule has 0 radical (unpaired) electrons. The van der Waals surface area contributed by atoms with Crippen molar-refractivity contribution in [2.75, 3.05) is 18.1 Å². The van der Waals surface area contributed by atoms with Crippen molar-refractivity contribution in [1.29, 1.82) is 0 Å². The van der Waals surface area contributed by atoms with Crippen molar-refractivity contribution in [3.8, 4) is 0 Å². The summed E-state index contributed by atoms with van der Waals surface area (Å²) in [6.45, 7) is 1.84. The molecule has 0 amide bonds. The normalized spacial score (nSPS) is 13.6. The second kappa shape index (κ2) is 6.01. The number of aliphatic hydroxyl groups is 1. The van der Waals surface area contributed by atoms with Gasteiger partial charge in [0.05, 0.1) is 11.5 Å². The molecular formula is C12H18O3S. The van der Waals surface area contributed by atoms with Gasteiger partial charge in [0.15, 0.2) is 9.84 Å². The van der Waals surface area contributed by atoms with Crippen LogP contribution in [-0.4, -0.2) is 31.6 Å². The van der Waals surface area contributed by atoms with Gasteiger partial charge in [-0.05, 0) is 17.9 Å². The van der Waals surface area contributed by atoms with Crippen LogP contribution < -0.4 is 0 Å². The largest absolute Gasteiger partial charge is 0.396 e. The van der Waals surface area contributed by atoms with Gasteiger partial charge in [-0.2, -0.15) is 0 Å². The molecule has 4 heteroatoms. The average Bonchev–Trinajstić information content (AvgIpc) is 2.27. The standard InChI is InChI=1S/C12H18O3S/c1-11(12-6-3-2-4-7-12)10-16(14,15)9-5-8-13/h2-4,6-7,11,13H,5,8-10H2,1H3/t11-/m1/s1. The maximum atomic E-state index is 11.7. The van der Waals surface area contributed by atoms with E-state index < -0.39 is 9.84 Å². The number of hydrogen-bond donors (Lipinski definition) is 1. The van der Waals surface area contributed by atoms with Crippen molar-refractivity contribution in [3.63, 3.8) is 0 Å². The molecule has 16 heavy (non-hydrogen) atoms. The Morgan fingerprint density at radius 2 is 1.88 bits per heavy atom. The molecule has 0 aliphatic heterocycles. The van der Waals surface area contributed by atoms with E-state index in [0.717, 1.165) is 5.56 Å². The lowest BCUT2D eigenvalue weighted by Gasteiger charge is -2.11. The minimum atomic E-state index is -3.05. The van der Waals surface area contributed by atoms with Gasteiger partial charge in [0.25, 0.3) is 0 Å². The number of rotatable bonds is 6. The maximum Gasteiger partial charge on any atom is 0.150 e. The van der Waals surface area contributed by atoms with Crippen LogP contribution >= 0.6 is 0 Å². The van der Waals surface area contributed by atoms with Gasteiger partial charge in [-0.25, -0.2) is 8.42 Å². The minimum Gasteiger partial charge on any atom is -0.396 e. The van der Waals surface area contributed by atoms with Crippen molar-refractivity contribution in [2.24, 2.45) is 0 Å². The Hall–Kier alpha value is -0.870. The summed E-state index contributed by atoms with van der Waals surface area (Å²) in [5.74, 6) is 0.224. The number of hydrogen-bond acceptors (Lipinski definition) is 3. The summed E-state index contributed by atoms with van der Waals surface area (Å²) in [6.07, 6.45) is 0.323. The molecule has 0 aliphatic carbocycles. The van der Waals surface area contributed by atoms with Crippen LogP contribution in [0.2, 0.25) is 0 Å². The first-order chi connectivity index (χ1) is 7.55. The number of sulfone groups is 1. The molecule has 1 aromatic rings. The van der Waals surface area contributed by atoms with E-state index in [-0.39, 0.29) is 24.0 Å². The predicted molar refractivity (Wildman–Crippen MR) is 65.2 cm³/mol. The lowest BCUT2D eigenvalue weighted by atomic mass is 10.0. The Labute approximate surface area is 97.0 Å². The van der Waals surface area contributed by atoms with Crippen LogP contribution in [0, 0.1) is 0 Å². The molecule has 0 heterocycles. The van der Waals surface area contributed by atoms with Gasteiger partial charge in [0, 0.05) is 6.61 Å². The summed E-state index contributed by atoms with van der Waals surface area (Å²) in [7, 11) is -3.05. The Kier molecular flexibility index (Phi) is 4.96. The minimum absolute atomic E-state index is 0.00453. The summed E-state index contributed by atoms with van der Waals surface area (Å²) in [4.78, 5) is 0. The molecule has 1 aromatic carbocycles. The monoisotopic (exact) mass is 242 g/mol. The number of aliphatic hydroxyl groups excluding tert-OH is 1. The fraction of sp³-hybridized carbons (Fsp3) is 0.500. The van der Waals surface area contributed by atoms with E-state index in [4.69, 9.17) is 5.11 Å². The Morgan fingerprint density at radius 3 is 2.44 bits per heavy atom. The van der Waals surface area contributed by atoms with Gasteiger partial charge in [-0.15, -0.1) is 0 Å². The zero-order valence-electron chi connectivity index (χ0n) is 9.46. The van der Waals surface area contributed by atoms with Crippen LogP contribution in [0.4, 0.5) is 0 Å². The molecule has 90 valence electrons. The van der Waals surface area contributed by atoms with Gasteiger partial charge in [-0.3, -0.25) is 0 Å². The van der Waals surface area contributed by atoms with Crippen LogP contribution in [0.25, 0.3) is 0 Å². The van der Waals surface area contributed by atoms with E-state index in [1.54, 1.807) is 0 Å². The average molecular weight is 242 g/mol. The fourth-order valence-corrected chi connectivity index (χ4v) is 3.32. The van der Waals surface area contributed by atoms with Crippen LogP contribution in [-0.2, 0) is 9.84 Å². The first-order valence-corrected chi connectivity index (χ1v) is 7.23. The fourth-order valence-electron chi connectivity index (χ4n) is 1.63. The molecule has 1 atom stereocenters. The molecule has 0 aliphatic rings. The summed E-state index contributed by atoms with van der Waals surface area (Å²) in [5.41, 5.74) is 1.04. The molecule has 0 saturated heterocycles. The van der Waals surface area contributed by atoms with Crippen LogP contribution in [0.3, 0.4) is 0 Å². The number of benzene rings is 1. The first-order valence-electron chi connectivity index (χ1n) is 5.41. The lowest BCUT2D eigenvalue weighted by molar-refractivity contribution is 0.295. The Bertz CT molecular complexity index is 398. The van der Waals surface area contributed by atoms with E-state index in [2.05, 4.69) is 0 Å². The second-order valence-electron chi connectivity index (χ2n) is 4.00. The predicted octanol–water partition coefficient (Wildman–Crippen LogP) is 1.59. The molecule has 0 aromatic heterocycles. The van der Waals surface area contributed by atoms with Crippen molar-refractivity contribution < 1.29 is 13.5 Å². The van der Waals surface area contributed by atoms with E-state index in [1.165, 1.54) is 0 Å². The van der Waals surface area contributed by atoms with Crippen LogP contribution in [0.1, 0.15) is 24.8 Å². The second-order valence-corrected chi connectivity index (χ2v) is 6.23. The quantitative estimate of drug-likeness (QED) is 0.824. The van der Waals surface area contributed by atoms with Gasteiger partial charge in [-0.1, -0.05) is 37.3 Å². The summed E-state index contributed by atoms with van der Waals surface area (Å²) in [5, 5.41) is 8.62. The Balaban J connectivity index is 2.61. The maximum absolute atomic E-state index is 11.7. The van der Waals surface area contributed by atoms with Crippen molar-refractivity contribution in [3.05, 3.63) is 35.9 Å². The zero-order valence-corrected chi connectivity index (χ0v) is 10.3. The molecule has 0 unspecified atom stereocenters. The van der Waals surface area contributed by atoms with Crippen molar-refractivity contribution >= 4 is 9.84 Å². The summed E-state index contributed by atoms with van der Waals surface area (Å²) in [6, 6.07) is 9.60. The van der Waals surface area contributed by atoms with Crippen molar-refractivity contribution in [2.45, 2.75) is 19.3 Å². The highest BCUT2D eigenvalue weighted by Crippen LogP contribution is 2.17. The van der Waals surface area contributed by atoms with Crippen LogP contribution in [0.15, 0.2) is 30.3 Å². The van der Waals surface area contributed by atoms with Gasteiger partial charge < -0.3 is 5.11 Å². The third kappa shape index (κ3) is 4.33. The van der Waals surface area contributed by atoms with E-state index >= 15 is 0 Å². The molecular weight excluding hydrogens is 224 g/mol. The highest BCUT2D eigenvalue weighted by atomic mass is 32.2. The third-order valence-electron chi connectivity index (χ3n) is 2.49. The molecule has 0 saturated carbocycles. The highest BCUT2D eigenvalue weighted by molar-refractivity contribution is 7.91. The summed E-state index contributed by atoms with van der Waals surface area (Å²) < 4.78 is 23.3. The topological polar surface area (TPSA) is 54.4 Å². The van der Waals surface area contributed by atoms with E-state index in [9.17, 15) is 8.42 Å². The van der Waals surface area contributed by atoms with Crippen molar-refractivity contribution in [1.82, 2.24) is 0 Å². The molecule has 0 fully saturated rings. The van der Waals surface area contributed by atoms with E-state index in [1.807, 2.05) is 37.3 Å². The first kappa shape index (κ1) is 13.2. The Morgan fingerprint density at radius 1 is 1.25 bits per heavy atom. The van der Waals surface area contributed by atoms with Gasteiger partial charge in [0.2, 0.25) is 0 Å². The molecule has 1 N–H and O–H groups in total. The zero-order chi connectivity index (χ0) is 12.0. The van der Waals surface area contributed by atoms with Gasteiger partial charge >= 0.3 is 0 Å². The highest BCUT2D eigenvalue weighted by Gasteiger charge is 2.16. The molecule has 3 nitrogen and oxygen atoms in total. The lowest BCUT2D eigenvalue weighted by Crippen LogP contribution is -2.16. The van der Waals surface area contributed by atoms with E-state index in [0.29, 0.717) is 6.42 Å². The van der Waals surface area contributed by atoms with Gasteiger partial charge in [0.1, 0.15) is 0 Å². The third-order valence-corrected chi connectivity index (χ3v) is 4.40.